The molecule has 1 N–H and O–H groups in total. The van der Waals surface area contributed by atoms with Crippen LogP contribution in [0.25, 0.3) is 0 Å². The fourth-order valence-corrected chi connectivity index (χ4v) is 2.53. The van der Waals surface area contributed by atoms with E-state index in [1.54, 1.807) is 18.0 Å². The molecule has 1 saturated heterocycles. The molecule has 1 aliphatic heterocycles. The summed E-state index contributed by atoms with van der Waals surface area (Å²) >= 11 is 0. The van der Waals surface area contributed by atoms with Crippen LogP contribution >= 0.6 is 0 Å². The van der Waals surface area contributed by atoms with Crippen LogP contribution in [-0.4, -0.2) is 53.9 Å². The Labute approximate surface area is 129 Å². The zero-order valence-electron chi connectivity index (χ0n) is 12.7. The van der Waals surface area contributed by atoms with Crippen molar-refractivity contribution in [3.8, 4) is 5.75 Å². The van der Waals surface area contributed by atoms with E-state index in [1.807, 2.05) is 35.4 Å². The Morgan fingerprint density at radius 2 is 2.00 bits per heavy atom. The SMILES string of the molecule is COc1ccc(Cn2cc(C(=O)N3CCNCC3)cn2)cc1. The van der Waals surface area contributed by atoms with Crippen LogP contribution < -0.4 is 10.1 Å². The van der Waals surface area contributed by atoms with Gasteiger partial charge in [-0.05, 0) is 17.7 Å². The highest BCUT2D eigenvalue weighted by Crippen LogP contribution is 2.13. The number of piperazine rings is 1. The van der Waals surface area contributed by atoms with Crippen LogP contribution in [0.15, 0.2) is 36.7 Å². The van der Waals surface area contributed by atoms with Crippen LogP contribution in [0.2, 0.25) is 0 Å². The molecule has 1 aromatic heterocycles. The summed E-state index contributed by atoms with van der Waals surface area (Å²) in [5.41, 5.74) is 1.76. The molecule has 0 radical (unpaired) electrons. The molecule has 6 nitrogen and oxygen atoms in total. The molecule has 2 aromatic rings. The van der Waals surface area contributed by atoms with Gasteiger partial charge in [0.25, 0.3) is 5.91 Å². The van der Waals surface area contributed by atoms with Crippen molar-refractivity contribution in [1.82, 2.24) is 20.0 Å². The average Bonchev–Trinajstić information content (AvgIpc) is 3.04. The van der Waals surface area contributed by atoms with Crippen molar-refractivity contribution in [3.63, 3.8) is 0 Å². The minimum absolute atomic E-state index is 0.0579. The third-order valence-corrected chi connectivity index (χ3v) is 3.79. The monoisotopic (exact) mass is 300 g/mol. The minimum Gasteiger partial charge on any atom is -0.497 e. The zero-order chi connectivity index (χ0) is 15.4. The third-order valence-electron chi connectivity index (χ3n) is 3.79. The van der Waals surface area contributed by atoms with Gasteiger partial charge in [-0.25, -0.2) is 0 Å². The van der Waals surface area contributed by atoms with Gasteiger partial charge in [-0.2, -0.15) is 5.10 Å². The van der Waals surface area contributed by atoms with E-state index in [2.05, 4.69) is 10.4 Å². The smallest absolute Gasteiger partial charge is 0.257 e. The van der Waals surface area contributed by atoms with Gasteiger partial charge in [0.2, 0.25) is 0 Å². The summed E-state index contributed by atoms with van der Waals surface area (Å²) in [6, 6.07) is 7.84. The summed E-state index contributed by atoms with van der Waals surface area (Å²) in [4.78, 5) is 14.2. The summed E-state index contributed by atoms with van der Waals surface area (Å²) in [7, 11) is 1.65. The fourth-order valence-electron chi connectivity index (χ4n) is 2.53. The van der Waals surface area contributed by atoms with Crippen molar-refractivity contribution in [3.05, 3.63) is 47.8 Å². The number of carbonyl (C=O) groups is 1. The number of hydrogen-bond donors (Lipinski definition) is 1. The fraction of sp³-hybridized carbons (Fsp3) is 0.375. The number of methoxy groups -OCH3 is 1. The predicted octanol–water partition coefficient (Wildman–Crippen LogP) is 0.985. The van der Waals surface area contributed by atoms with Crippen molar-refractivity contribution in [2.24, 2.45) is 0 Å². The highest BCUT2D eigenvalue weighted by Gasteiger charge is 2.19. The summed E-state index contributed by atoms with van der Waals surface area (Å²) in [6.07, 6.45) is 3.46. The van der Waals surface area contributed by atoms with Crippen molar-refractivity contribution >= 4 is 5.91 Å². The topological polar surface area (TPSA) is 59.4 Å². The van der Waals surface area contributed by atoms with Gasteiger partial charge in [0.1, 0.15) is 5.75 Å². The highest BCUT2D eigenvalue weighted by atomic mass is 16.5. The predicted molar refractivity (Wildman–Crippen MR) is 83.1 cm³/mol. The lowest BCUT2D eigenvalue weighted by Gasteiger charge is -2.26. The molecule has 1 aliphatic rings. The largest absolute Gasteiger partial charge is 0.497 e. The van der Waals surface area contributed by atoms with Gasteiger partial charge in [-0.15, -0.1) is 0 Å². The van der Waals surface area contributed by atoms with Crippen molar-refractivity contribution in [1.29, 1.82) is 0 Å². The summed E-state index contributed by atoms with van der Waals surface area (Å²) in [6.45, 7) is 3.85. The van der Waals surface area contributed by atoms with E-state index in [4.69, 9.17) is 4.74 Å². The maximum atomic E-state index is 12.4. The second-order valence-electron chi connectivity index (χ2n) is 5.32. The van der Waals surface area contributed by atoms with E-state index in [0.29, 0.717) is 12.1 Å². The standard InChI is InChI=1S/C16H20N4O2/c1-22-15-4-2-13(3-5-15)11-20-12-14(10-18-20)16(21)19-8-6-17-7-9-19/h2-5,10,12,17H,6-9,11H2,1H3. The van der Waals surface area contributed by atoms with E-state index in [-0.39, 0.29) is 5.91 Å². The Bertz CT molecular complexity index is 630. The van der Waals surface area contributed by atoms with Crippen molar-refractivity contribution in [2.45, 2.75) is 6.54 Å². The number of nitrogens with zero attached hydrogens (tertiary/aromatic N) is 3. The summed E-state index contributed by atoms with van der Waals surface area (Å²) in [5, 5.41) is 7.54. The zero-order valence-corrected chi connectivity index (χ0v) is 12.7. The highest BCUT2D eigenvalue weighted by molar-refractivity contribution is 5.93. The van der Waals surface area contributed by atoms with E-state index in [0.717, 1.165) is 37.5 Å². The normalized spacial score (nSPS) is 14.9. The van der Waals surface area contributed by atoms with Gasteiger partial charge in [-0.1, -0.05) is 12.1 Å². The molecular weight excluding hydrogens is 280 g/mol. The van der Waals surface area contributed by atoms with Gasteiger partial charge in [-0.3, -0.25) is 9.48 Å². The first-order valence-electron chi connectivity index (χ1n) is 7.41. The Morgan fingerprint density at radius 1 is 1.27 bits per heavy atom. The first kappa shape index (κ1) is 14.6. The number of aromatic nitrogens is 2. The molecule has 6 heteroatoms. The molecule has 1 fully saturated rings. The Morgan fingerprint density at radius 3 is 2.68 bits per heavy atom. The third kappa shape index (κ3) is 3.28. The lowest BCUT2D eigenvalue weighted by molar-refractivity contribution is 0.0735. The molecule has 2 heterocycles. The Hall–Kier alpha value is -2.34. The molecular formula is C16H20N4O2. The van der Waals surface area contributed by atoms with Gasteiger partial charge in [0.15, 0.2) is 0 Å². The van der Waals surface area contributed by atoms with Gasteiger partial charge < -0.3 is 15.0 Å². The number of benzene rings is 1. The van der Waals surface area contributed by atoms with E-state index in [1.165, 1.54) is 0 Å². The van der Waals surface area contributed by atoms with Crippen LogP contribution in [0.4, 0.5) is 0 Å². The lowest BCUT2D eigenvalue weighted by Crippen LogP contribution is -2.46. The second kappa shape index (κ2) is 6.62. The molecule has 1 amide bonds. The molecule has 22 heavy (non-hydrogen) atoms. The molecule has 0 unspecified atom stereocenters. The second-order valence-corrected chi connectivity index (χ2v) is 5.32. The van der Waals surface area contributed by atoms with E-state index in [9.17, 15) is 4.79 Å². The number of nitrogens with one attached hydrogen (secondary N) is 1. The first-order valence-corrected chi connectivity index (χ1v) is 7.41. The van der Waals surface area contributed by atoms with Gasteiger partial charge in [0, 0.05) is 32.4 Å². The van der Waals surface area contributed by atoms with E-state index >= 15 is 0 Å². The van der Waals surface area contributed by atoms with Crippen LogP contribution in [0.5, 0.6) is 5.75 Å². The molecule has 3 rings (SSSR count). The quantitative estimate of drug-likeness (QED) is 0.914. The Kier molecular flexibility index (Phi) is 4.39. The molecule has 0 atom stereocenters. The lowest BCUT2D eigenvalue weighted by atomic mass is 10.2. The molecule has 116 valence electrons. The minimum atomic E-state index is 0.0579. The van der Waals surface area contributed by atoms with Crippen LogP contribution in [0.1, 0.15) is 15.9 Å². The average molecular weight is 300 g/mol. The van der Waals surface area contributed by atoms with Gasteiger partial charge in [0.05, 0.1) is 25.4 Å². The number of rotatable bonds is 4. The first-order chi connectivity index (χ1) is 10.8. The van der Waals surface area contributed by atoms with Crippen molar-refractivity contribution in [2.75, 3.05) is 33.3 Å². The number of ether oxygens (including phenoxy) is 1. The summed E-state index contributed by atoms with van der Waals surface area (Å²) in [5.74, 6) is 0.890. The number of hydrogen-bond acceptors (Lipinski definition) is 4. The van der Waals surface area contributed by atoms with Crippen LogP contribution in [0.3, 0.4) is 0 Å². The molecule has 0 bridgehead atoms. The molecule has 0 spiro atoms. The van der Waals surface area contributed by atoms with Crippen LogP contribution in [-0.2, 0) is 6.54 Å². The van der Waals surface area contributed by atoms with Crippen LogP contribution in [0, 0.1) is 0 Å². The molecule has 0 saturated carbocycles. The van der Waals surface area contributed by atoms with Gasteiger partial charge >= 0.3 is 0 Å². The number of amides is 1. The van der Waals surface area contributed by atoms with E-state index < -0.39 is 0 Å². The maximum absolute atomic E-state index is 12.4. The van der Waals surface area contributed by atoms with Crippen molar-refractivity contribution < 1.29 is 9.53 Å². The maximum Gasteiger partial charge on any atom is 0.257 e. The number of carbonyl (C=O) groups excluding carboxylic acids is 1. The molecule has 1 aromatic carbocycles. The molecule has 0 aliphatic carbocycles. The summed E-state index contributed by atoms with van der Waals surface area (Å²) < 4.78 is 6.93. The Balaban J connectivity index is 1.66.